The molecular formula is C49H70O8. The van der Waals surface area contributed by atoms with Crippen LogP contribution in [0.2, 0.25) is 0 Å². The molecule has 12 fully saturated rings. The molecule has 12 rings (SSSR count). The molecule has 0 aliphatic heterocycles. The van der Waals surface area contributed by atoms with Gasteiger partial charge >= 0.3 is 23.9 Å². The zero-order valence-electron chi connectivity index (χ0n) is 35.6. The van der Waals surface area contributed by atoms with E-state index in [2.05, 4.69) is 40.9 Å². The van der Waals surface area contributed by atoms with E-state index >= 15 is 0 Å². The van der Waals surface area contributed by atoms with Crippen LogP contribution in [0.4, 0.5) is 0 Å². The van der Waals surface area contributed by atoms with Crippen LogP contribution in [0.1, 0.15) is 137 Å². The van der Waals surface area contributed by atoms with Gasteiger partial charge in [0.1, 0.15) is 11.2 Å². The van der Waals surface area contributed by atoms with Crippen molar-refractivity contribution in [1.82, 2.24) is 0 Å². The van der Waals surface area contributed by atoms with Gasteiger partial charge in [-0.25, -0.2) is 19.2 Å². The molecule has 0 radical (unpaired) electrons. The lowest BCUT2D eigenvalue weighted by Gasteiger charge is -2.66. The molecule has 0 amide bonds. The molecule has 0 saturated heterocycles. The van der Waals surface area contributed by atoms with Gasteiger partial charge in [-0.3, -0.25) is 0 Å². The first-order valence-electron chi connectivity index (χ1n) is 23.1. The molecule has 12 aliphatic rings. The highest BCUT2D eigenvalue weighted by Crippen LogP contribution is 2.72. The Balaban J connectivity index is 0.000000148. The van der Waals surface area contributed by atoms with Gasteiger partial charge in [-0.1, -0.05) is 40.9 Å². The molecular weight excluding hydrogens is 717 g/mol. The van der Waals surface area contributed by atoms with Crippen molar-refractivity contribution in [2.45, 2.75) is 149 Å². The molecule has 0 spiro atoms. The SMILES string of the molecule is C=C(C)C(=O)OCC(=O)OC1(C2CC3CC2CC3C)C2CC3CC1CC(C)(C3)C2.C=CC(=O)OCC(=O)OC1(C2CC3CC2CC3C)C2CC3CC1CC(C)(C3)C2. The molecule has 0 aromatic carbocycles. The largest absolute Gasteiger partial charge is 0.456 e. The average Bonchev–Trinajstić information content (AvgIpc) is 3.93. The number of rotatable bonds is 10. The quantitative estimate of drug-likeness (QED) is 0.123. The van der Waals surface area contributed by atoms with Crippen molar-refractivity contribution in [3.8, 4) is 0 Å². The molecule has 8 heteroatoms. The second-order valence-electron chi connectivity index (χ2n) is 22.8. The Labute approximate surface area is 341 Å². The Kier molecular flexibility index (Phi) is 9.94. The van der Waals surface area contributed by atoms with Crippen LogP contribution in [-0.4, -0.2) is 48.3 Å². The molecule has 12 saturated carbocycles. The van der Waals surface area contributed by atoms with Gasteiger partial charge in [0.05, 0.1) is 0 Å². The summed E-state index contributed by atoms with van der Waals surface area (Å²) in [5.41, 5.74) is 0.560. The van der Waals surface area contributed by atoms with E-state index in [1.165, 1.54) is 103 Å². The third-order valence-electron chi connectivity index (χ3n) is 18.9. The number of hydrogen-bond acceptors (Lipinski definition) is 8. The monoisotopic (exact) mass is 787 g/mol. The van der Waals surface area contributed by atoms with E-state index in [0.717, 1.165) is 41.6 Å². The van der Waals surface area contributed by atoms with Crippen molar-refractivity contribution < 1.29 is 38.1 Å². The lowest BCUT2D eigenvalue weighted by atomic mass is 9.42. The van der Waals surface area contributed by atoms with E-state index in [-0.39, 0.29) is 36.4 Å². The molecule has 57 heavy (non-hydrogen) atoms. The lowest BCUT2D eigenvalue weighted by molar-refractivity contribution is -0.250. The van der Waals surface area contributed by atoms with Crippen molar-refractivity contribution in [1.29, 1.82) is 0 Å². The standard InChI is InChI=1S/C25H36O4.C24H34O4/c1-14(2)23(27)28-13-22(26)29-25(21-9-17-8-18(21)5-15(17)3)19-6-16-7-20(25)12-24(4,10-16)11-19;1-4-21(25)27-13-22(26)28-24(20-9-16-8-17(20)5-14(16)2)18-6-15-7-19(24)12-23(3,10-15)11-18/h15-21H,1,5-13H2,2-4H3;4,14-20H,1,5-13H2,2-3H3. The molecule has 12 atom stereocenters. The maximum absolute atomic E-state index is 12.9. The Morgan fingerprint density at radius 3 is 1.30 bits per heavy atom. The summed E-state index contributed by atoms with van der Waals surface area (Å²) >= 11 is 0. The summed E-state index contributed by atoms with van der Waals surface area (Å²) in [6, 6.07) is 0. The zero-order chi connectivity index (χ0) is 40.2. The van der Waals surface area contributed by atoms with Gasteiger partial charge in [0.15, 0.2) is 13.2 Å². The van der Waals surface area contributed by atoms with Crippen LogP contribution in [-0.2, 0) is 38.1 Å². The van der Waals surface area contributed by atoms with Crippen LogP contribution in [0.3, 0.4) is 0 Å². The number of esters is 4. The molecule has 0 heterocycles. The summed E-state index contributed by atoms with van der Waals surface area (Å²) in [5, 5.41) is 0. The van der Waals surface area contributed by atoms with Gasteiger partial charge in [0, 0.05) is 47.2 Å². The average molecular weight is 787 g/mol. The van der Waals surface area contributed by atoms with E-state index in [4.69, 9.17) is 18.9 Å². The first-order chi connectivity index (χ1) is 27.0. The fraction of sp³-hybridized carbons (Fsp3) is 0.837. The topological polar surface area (TPSA) is 105 Å². The summed E-state index contributed by atoms with van der Waals surface area (Å²) < 4.78 is 23.2. The maximum Gasteiger partial charge on any atom is 0.344 e. The minimum absolute atomic E-state index is 0.287. The molecule has 12 unspecified atom stereocenters. The summed E-state index contributed by atoms with van der Waals surface area (Å²) in [6.45, 7) is 17.7. The highest BCUT2D eigenvalue weighted by molar-refractivity contribution is 5.88. The predicted octanol–water partition coefficient (Wildman–Crippen LogP) is 9.44. The maximum atomic E-state index is 12.9. The van der Waals surface area contributed by atoms with Gasteiger partial charge in [-0.15, -0.1) is 0 Å². The minimum Gasteiger partial charge on any atom is -0.456 e. The third kappa shape index (κ3) is 6.66. The Bertz CT molecular complexity index is 1640. The smallest absolute Gasteiger partial charge is 0.344 e. The second kappa shape index (κ2) is 14.2. The van der Waals surface area contributed by atoms with Crippen molar-refractivity contribution in [3.63, 3.8) is 0 Å². The Morgan fingerprint density at radius 2 is 0.982 bits per heavy atom. The fourth-order valence-corrected chi connectivity index (χ4v) is 17.6. The van der Waals surface area contributed by atoms with E-state index in [9.17, 15) is 19.2 Å². The number of hydrogen-bond donors (Lipinski definition) is 0. The molecule has 0 N–H and O–H groups in total. The molecule has 8 nitrogen and oxygen atoms in total. The second-order valence-corrected chi connectivity index (χ2v) is 22.8. The van der Waals surface area contributed by atoms with Gasteiger partial charge in [-0.05, 0) is 168 Å². The van der Waals surface area contributed by atoms with Gasteiger partial charge in [-0.2, -0.15) is 0 Å². The Morgan fingerprint density at radius 1 is 0.579 bits per heavy atom. The van der Waals surface area contributed by atoms with Crippen molar-refractivity contribution in [3.05, 3.63) is 24.8 Å². The lowest BCUT2D eigenvalue weighted by Crippen LogP contribution is -2.66. The number of fused-ring (bicyclic) bond motifs is 4. The van der Waals surface area contributed by atoms with Crippen molar-refractivity contribution in [2.24, 2.45) is 93.7 Å². The summed E-state index contributed by atoms with van der Waals surface area (Å²) in [6.07, 6.45) is 21.1. The summed E-state index contributed by atoms with van der Waals surface area (Å²) in [7, 11) is 0. The van der Waals surface area contributed by atoms with Gasteiger partial charge < -0.3 is 18.9 Å². The number of carbonyl (C=O) groups excluding carboxylic acids is 4. The number of ether oxygens (including phenoxy) is 4. The number of carbonyl (C=O) groups is 4. The third-order valence-corrected chi connectivity index (χ3v) is 18.9. The molecule has 0 aromatic rings. The Hall–Kier alpha value is -2.64. The van der Waals surface area contributed by atoms with Gasteiger partial charge in [0.25, 0.3) is 0 Å². The first-order valence-corrected chi connectivity index (χ1v) is 23.1. The molecule has 12 aliphatic carbocycles. The van der Waals surface area contributed by atoms with Crippen molar-refractivity contribution >= 4 is 23.9 Å². The summed E-state index contributed by atoms with van der Waals surface area (Å²) in [4.78, 5) is 49.0. The summed E-state index contributed by atoms with van der Waals surface area (Å²) in [5.74, 6) is 7.43. The van der Waals surface area contributed by atoms with Crippen LogP contribution in [0.15, 0.2) is 24.8 Å². The van der Waals surface area contributed by atoms with Gasteiger partial charge in [0.2, 0.25) is 0 Å². The normalized spacial score (nSPS) is 49.9. The van der Waals surface area contributed by atoms with Crippen LogP contribution in [0.25, 0.3) is 0 Å². The van der Waals surface area contributed by atoms with Crippen molar-refractivity contribution in [2.75, 3.05) is 13.2 Å². The van der Waals surface area contributed by atoms with Crippen LogP contribution >= 0.6 is 0 Å². The first kappa shape index (κ1) is 39.8. The minimum atomic E-state index is -0.558. The van der Waals surface area contributed by atoms with E-state index in [0.29, 0.717) is 63.7 Å². The van der Waals surface area contributed by atoms with Crippen LogP contribution < -0.4 is 0 Å². The fourth-order valence-electron chi connectivity index (χ4n) is 17.6. The highest BCUT2D eigenvalue weighted by atomic mass is 16.6. The molecule has 314 valence electrons. The highest BCUT2D eigenvalue weighted by Gasteiger charge is 2.70. The molecule has 0 aromatic heterocycles. The van der Waals surface area contributed by atoms with E-state index < -0.39 is 11.9 Å². The zero-order valence-corrected chi connectivity index (χ0v) is 35.6. The van der Waals surface area contributed by atoms with Crippen LogP contribution in [0.5, 0.6) is 0 Å². The van der Waals surface area contributed by atoms with Crippen LogP contribution in [0, 0.1) is 93.7 Å². The predicted molar refractivity (Wildman–Crippen MR) is 215 cm³/mol. The van der Waals surface area contributed by atoms with E-state index in [1.54, 1.807) is 6.92 Å². The van der Waals surface area contributed by atoms with E-state index in [1.807, 2.05) is 0 Å². The molecule has 12 bridgehead atoms.